The maximum Gasteiger partial charge on any atom is 0.422 e. The lowest BCUT2D eigenvalue weighted by Crippen LogP contribution is -2.19. The molecule has 2 rings (SSSR count). The van der Waals surface area contributed by atoms with Crippen LogP contribution in [0, 0.1) is 0 Å². The van der Waals surface area contributed by atoms with Crippen LogP contribution in [-0.4, -0.2) is 22.8 Å². The van der Waals surface area contributed by atoms with Gasteiger partial charge >= 0.3 is 6.18 Å². The van der Waals surface area contributed by atoms with Crippen LogP contribution in [0.2, 0.25) is 10.0 Å². The van der Waals surface area contributed by atoms with Gasteiger partial charge in [0.1, 0.15) is 0 Å². The molecule has 0 saturated carbocycles. The average Bonchev–Trinajstić information content (AvgIpc) is 2.39. The van der Waals surface area contributed by atoms with Gasteiger partial charge in [0, 0.05) is 5.56 Å². The van der Waals surface area contributed by atoms with Gasteiger partial charge in [-0.2, -0.15) is 13.2 Å². The minimum absolute atomic E-state index is 0.0638. The van der Waals surface area contributed by atoms with Crippen molar-refractivity contribution >= 4 is 23.2 Å². The van der Waals surface area contributed by atoms with E-state index in [9.17, 15) is 13.2 Å². The highest BCUT2D eigenvalue weighted by Crippen LogP contribution is 2.27. The van der Waals surface area contributed by atoms with Crippen LogP contribution < -0.4 is 4.74 Å². The molecule has 106 valence electrons. The second kappa shape index (κ2) is 5.85. The van der Waals surface area contributed by atoms with E-state index >= 15 is 0 Å². The number of halogens is 5. The summed E-state index contributed by atoms with van der Waals surface area (Å²) >= 11 is 11.6. The first-order chi connectivity index (χ1) is 9.35. The molecule has 0 aliphatic heterocycles. The van der Waals surface area contributed by atoms with Gasteiger partial charge in [-0.15, -0.1) is 0 Å². The molecule has 1 aromatic heterocycles. The zero-order valence-corrected chi connectivity index (χ0v) is 11.3. The Morgan fingerprint density at radius 1 is 1.05 bits per heavy atom. The number of rotatable bonds is 3. The number of hydrogen-bond acceptors (Lipinski definition) is 3. The Kier molecular flexibility index (Phi) is 4.35. The van der Waals surface area contributed by atoms with E-state index in [-0.39, 0.29) is 5.75 Å². The number of hydrogen-bond donors (Lipinski definition) is 0. The van der Waals surface area contributed by atoms with Crippen LogP contribution in [0.4, 0.5) is 13.2 Å². The molecule has 0 aliphatic rings. The molecule has 0 atom stereocenters. The Morgan fingerprint density at radius 3 is 2.25 bits per heavy atom. The molecule has 2 aromatic rings. The highest BCUT2D eigenvalue weighted by atomic mass is 35.5. The van der Waals surface area contributed by atoms with Gasteiger partial charge in [0.2, 0.25) is 0 Å². The van der Waals surface area contributed by atoms with Gasteiger partial charge in [-0.25, -0.2) is 9.97 Å². The van der Waals surface area contributed by atoms with Gasteiger partial charge in [0.05, 0.1) is 22.4 Å². The van der Waals surface area contributed by atoms with E-state index in [4.69, 9.17) is 23.2 Å². The van der Waals surface area contributed by atoms with Crippen LogP contribution in [0.1, 0.15) is 0 Å². The molecule has 0 saturated heterocycles. The Bertz CT molecular complexity index is 603. The standard InChI is InChI=1S/C12H7Cl2F3N2O/c13-9-2-1-7(3-10(9)14)11-18-4-8(5-19-11)20-6-12(15,16)17/h1-5H,6H2. The minimum Gasteiger partial charge on any atom is -0.481 e. The topological polar surface area (TPSA) is 35.0 Å². The third-order valence-corrected chi connectivity index (χ3v) is 2.95. The number of ether oxygens (including phenoxy) is 1. The largest absolute Gasteiger partial charge is 0.481 e. The SMILES string of the molecule is FC(F)(F)COc1cnc(-c2ccc(Cl)c(Cl)c2)nc1. The first-order valence-electron chi connectivity index (χ1n) is 5.32. The predicted octanol–water partition coefficient (Wildman–Crippen LogP) is 4.39. The maximum absolute atomic E-state index is 12.0. The van der Waals surface area contributed by atoms with Gasteiger partial charge < -0.3 is 4.74 Å². The number of alkyl halides is 3. The maximum atomic E-state index is 12.0. The molecule has 3 nitrogen and oxygen atoms in total. The molecular weight excluding hydrogens is 316 g/mol. The quantitative estimate of drug-likeness (QED) is 0.840. The third kappa shape index (κ3) is 3.98. The van der Waals surface area contributed by atoms with Gasteiger partial charge in [-0.05, 0) is 18.2 Å². The van der Waals surface area contributed by atoms with Crippen LogP contribution in [0.3, 0.4) is 0 Å². The number of aromatic nitrogens is 2. The molecule has 0 bridgehead atoms. The van der Waals surface area contributed by atoms with Gasteiger partial charge in [-0.1, -0.05) is 23.2 Å². The third-order valence-electron chi connectivity index (χ3n) is 2.21. The lowest BCUT2D eigenvalue weighted by molar-refractivity contribution is -0.153. The van der Waals surface area contributed by atoms with Crippen molar-refractivity contribution in [1.29, 1.82) is 0 Å². The van der Waals surface area contributed by atoms with Crippen LogP contribution in [0.15, 0.2) is 30.6 Å². The van der Waals surface area contributed by atoms with Crippen molar-refractivity contribution in [3.8, 4) is 17.1 Å². The van der Waals surface area contributed by atoms with Gasteiger partial charge in [0.15, 0.2) is 18.2 Å². The van der Waals surface area contributed by atoms with Gasteiger partial charge in [0.25, 0.3) is 0 Å². The Morgan fingerprint density at radius 2 is 1.70 bits per heavy atom. The van der Waals surface area contributed by atoms with Gasteiger partial charge in [-0.3, -0.25) is 0 Å². The summed E-state index contributed by atoms with van der Waals surface area (Å²) in [6, 6.07) is 4.80. The number of benzene rings is 1. The average molecular weight is 323 g/mol. The van der Waals surface area contributed by atoms with Crippen molar-refractivity contribution < 1.29 is 17.9 Å². The Hall–Kier alpha value is -1.53. The zero-order chi connectivity index (χ0) is 14.8. The molecule has 8 heteroatoms. The molecule has 0 N–H and O–H groups in total. The molecule has 0 unspecified atom stereocenters. The lowest BCUT2D eigenvalue weighted by atomic mass is 10.2. The van der Waals surface area contributed by atoms with Crippen molar-refractivity contribution in [2.45, 2.75) is 6.18 Å². The van der Waals surface area contributed by atoms with Crippen molar-refractivity contribution in [2.24, 2.45) is 0 Å². The zero-order valence-electron chi connectivity index (χ0n) is 9.79. The van der Waals surface area contributed by atoms with Crippen LogP contribution in [0.25, 0.3) is 11.4 Å². The van der Waals surface area contributed by atoms with Crippen molar-refractivity contribution in [3.63, 3.8) is 0 Å². The second-order valence-corrected chi connectivity index (χ2v) is 4.59. The molecule has 1 aromatic carbocycles. The molecule has 0 fully saturated rings. The summed E-state index contributed by atoms with van der Waals surface area (Å²) in [6.45, 7) is -1.39. The molecule has 0 radical (unpaired) electrons. The van der Waals surface area contributed by atoms with Crippen molar-refractivity contribution in [1.82, 2.24) is 9.97 Å². The highest BCUT2D eigenvalue weighted by molar-refractivity contribution is 6.42. The summed E-state index contributed by atoms with van der Waals surface area (Å²) in [5, 5.41) is 0.728. The fraction of sp³-hybridized carbons (Fsp3) is 0.167. The fourth-order valence-electron chi connectivity index (χ4n) is 1.34. The van der Waals surface area contributed by atoms with E-state index in [1.165, 1.54) is 0 Å². The first-order valence-corrected chi connectivity index (χ1v) is 6.08. The molecule has 20 heavy (non-hydrogen) atoms. The van der Waals surface area contributed by atoms with Crippen LogP contribution in [-0.2, 0) is 0 Å². The summed E-state index contributed by atoms with van der Waals surface area (Å²) in [7, 11) is 0. The monoisotopic (exact) mass is 322 g/mol. The summed E-state index contributed by atoms with van der Waals surface area (Å²) in [6.07, 6.45) is -2.07. The minimum atomic E-state index is -4.40. The van der Waals surface area contributed by atoms with E-state index in [2.05, 4.69) is 14.7 Å². The summed E-state index contributed by atoms with van der Waals surface area (Å²) in [4.78, 5) is 7.83. The van der Waals surface area contributed by atoms with E-state index in [1.54, 1.807) is 18.2 Å². The van der Waals surface area contributed by atoms with Crippen molar-refractivity contribution in [2.75, 3.05) is 6.61 Å². The molecule has 1 heterocycles. The molecule has 0 amide bonds. The van der Waals surface area contributed by atoms with Crippen LogP contribution >= 0.6 is 23.2 Å². The molecular formula is C12H7Cl2F3N2O. The predicted molar refractivity (Wildman–Crippen MR) is 69.0 cm³/mol. The smallest absolute Gasteiger partial charge is 0.422 e. The lowest BCUT2D eigenvalue weighted by Gasteiger charge is -2.08. The van der Waals surface area contributed by atoms with Crippen molar-refractivity contribution in [3.05, 3.63) is 40.6 Å². The Labute approximate surface area is 122 Å². The normalized spacial score (nSPS) is 11.4. The summed E-state index contributed by atoms with van der Waals surface area (Å²) < 4.78 is 40.4. The fourth-order valence-corrected chi connectivity index (χ4v) is 1.64. The van der Waals surface area contributed by atoms with E-state index in [1.807, 2.05) is 0 Å². The second-order valence-electron chi connectivity index (χ2n) is 3.78. The Balaban J connectivity index is 2.13. The molecule has 0 spiro atoms. The van der Waals surface area contributed by atoms with E-state index in [0.717, 1.165) is 12.4 Å². The molecule has 0 aliphatic carbocycles. The summed E-state index contributed by atoms with van der Waals surface area (Å²) in [5.41, 5.74) is 0.599. The van der Waals surface area contributed by atoms with Crippen LogP contribution in [0.5, 0.6) is 5.75 Å². The highest BCUT2D eigenvalue weighted by Gasteiger charge is 2.28. The summed E-state index contributed by atoms with van der Waals surface area (Å²) in [5.74, 6) is 0.245. The van der Waals surface area contributed by atoms with E-state index < -0.39 is 12.8 Å². The van der Waals surface area contributed by atoms with E-state index in [0.29, 0.717) is 21.4 Å². The first kappa shape index (κ1) is 14.9. The number of nitrogens with zero attached hydrogens (tertiary/aromatic N) is 2.